The van der Waals surface area contributed by atoms with Crippen LogP contribution < -0.4 is 10.6 Å². The summed E-state index contributed by atoms with van der Waals surface area (Å²) < 4.78 is 0. The summed E-state index contributed by atoms with van der Waals surface area (Å²) in [4.78, 5) is 2.11. The lowest BCUT2D eigenvalue weighted by Crippen LogP contribution is -2.17. The van der Waals surface area contributed by atoms with Crippen LogP contribution in [0.25, 0.3) is 0 Å². The van der Waals surface area contributed by atoms with E-state index in [0.29, 0.717) is 0 Å². The van der Waals surface area contributed by atoms with Gasteiger partial charge in [0.05, 0.1) is 0 Å². The van der Waals surface area contributed by atoms with E-state index in [1.807, 2.05) is 55.6 Å². The van der Waals surface area contributed by atoms with Crippen molar-refractivity contribution in [1.82, 2.24) is 0 Å². The molecule has 0 radical (unpaired) electrons. The van der Waals surface area contributed by atoms with E-state index in [0.717, 1.165) is 22.8 Å². The molecule has 2 aromatic rings. The Morgan fingerprint density at radius 2 is 1.89 bits per heavy atom. The minimum Gasteiger partial charge on any atom is -0.384 e. The van der Waals surface area contributed by atoms with Crippen LogP contribution in [0.5, 0.6) is 0 Å². The summed E-state index contributed by atoms with van der Waals surface area (Å²) in [6.07, 6.45) is 0. The second kappa shape index (κ2) is 5.76. The van der Waals surface area contributed by atoms with Crippen molar-refractivity contribution in [2.45, 2.75) is 6.54 Å². The van der Waals surface area contributed by atoms with Gasteiger partial charge in [0.2, 0.25) is 0 Å². The van der Waals surface area contributed by atoms with Crippen LogP contribution in [0, 0.1) is 5.41 Å². The molecule has 0 aliphatic carbocycles. The number of rotatable bonds is 4. The number of nitrogens with one attached hydrogen (secondary N) is 1. The minimum absolute atomic E-state index is 0.0849. The minimum atomic E-state index is 0.0849. The molecule has 0 aliphatic rings. The van der Waals surface area contributed by atoms with Gasteiger partial charge in [-0.25, -0.2) is 0 Å². The van der Waals surface area contributed by atoms with E-state index in [1.54, 1.807) is 0 Å². The molecule has 0 saturated carbocycles. The van der Waals surface area contributed by atoms with E-state index < -0.39 is 0 Å². The van der Waals surface area contributed by atoms with E-state index in [4.69, 9.17) is 22.7 Å². The highest BCUT2D eigenvalue weighted by atomic mass is 35.5. The summed E-state index contributed by atoms with van der Waals surface area (Å²) in [5, 5.41) is 8.20. The fourth-order valence-corrected chi connectivity index (χ4v) is 1.99. The summed E-state index contributed by atoms with van der Waals surface area (Å²) in [5.41, 5.74) is 8.45. The molecule has 0 saturated heterocycles. The van der Waals surface area contributed by atoms with Gasteiger partial charge < -0.3 is 10.6 Å². The van der Waals surface area contributed by atoms with Gasteiger partial charge in [0.25, 0.3) is 0 Å². The SMILES string of the molecule is CN(Cc1ccc(Cl)cc1)c1cccc(C(=N)N)c1. The van der Waals surface area contributed by atoms with Crippen LogP contribution in [0.3, 0.4) is 0 Å². The van der Waals surface area contributed by atoms with Gasteiger partial charge in [0, 0.05) is 29.9 Å². The third-order valence-electron chi connectivity index (χ3n) is 2.93. The summed E-state index contributed by atoms with van der Waals surface area (Å²) in [5.74, 6) is 0.0849. The van der Waals surface area contributed by atoms with Crippen LogP contribution in [0.1, 0.15) is 11.1 Å². The number of hydrogen-bond acceptors (Lipinski definition) is 2. The Hall–Kier alpha value is -2.00. The zero-order valence-corrected chi connectivity index (χ0v) is 11.5. The predicted molar refractivity (Wildman–Crippen MR) is 81.0 cm³/mol. The van der Waals surface area contributed by atoms with Crippen LogP contribution >= 0.6 is 11.6 Å². The van der Waals surface area contributed by atoms with Gasteiger partial charge in [-0.15, -0.1) is 0 Å². The van der Waals surface area contributed by atoms with Crippen molar-refractivity contribution in [3.8, 4) is 0 Å². The second-order valence-corrected chi connectivity index (χ2v) is 4.88. The molecular formula is C15H16ClN3. The molecule has 2 rings (SSSR count). The van der Waals surface area contributed by atoms with Crippen LogP contribution in [0.2, 0.25) is 5.02 Å². The lowest BCUT2D eigenvalue weighted by Gasteiger charge is -2.20. The maximum atomic E-state index is 7.46. The molecule has 0 bridgehead atoms. The van der Waals surface area contributed by atoms with E-state index in [9.17, 15) is 0 Å². The van der Waals surface area contributed by atoms with Crippen molar-refractivity contribution in [1.29, 1.82) is 5.41 Å². The number of hydrogen-bond donors (Lipinski definition) is 2. The van der Waals surface area contributed by atoms with E-state index in [-0.39, 0.29) is 5.84 Å². The summed E-state index contributed by atoms with van der Waals surface area (Å²) >= 11 is 5.87. The largest absolute Gasteiger partial charge is 0.384 e. The third-order valence-corrected chi connectivity index (χ3v) is 3.18. The third kappa shape index (κ3) is 3.48. The van der Waals surface area contributed by atoms with Gasteiger partial charge in [-0.2, -0.15) is 0 Å². The van der Waals surface area contributed by atoms with Crippen LogP contribution in [0.15, 0.2) is 48.5 Å². The second-order valence-electron chi connectivity index (χ2n) is 4.45. The van der Waals surface area contributed by atoms with Crippen molar-refractivity contribution in [3.63, 3.8) is 0 Å². The number of nitrogen functional groups attached to an aromatic ring is 1. The van der Waals surface area contributed by atoms with Crippen molar-refractivity contribution in [2.75, 3.05) is 11.9 Å². The molecule has 0 fully saturated rings. The Morgan fingerprint density at radius 1 is 1.21 bits per heavy atom. The lowest BCUT2D eigenvalue weighted by molar-refractivity contribution is 0.923. The molecule has 98 valence electrons. The molecule has 0 spiro atoms. The molecule has 2 aromatic carbocycles. The Labute approximate surface area is 118 Å². The number of anilines is 1. The maximum Gasteiger partial charge on any atom is 0.122 e. The van der Waals surface area contributed by atoms with Crippen molar-refractivity contribution in [3.05, 3.63) is 64.7 Å². The Kier molecular flexibility index (Phi) is 4.07. The number of amidine groups is 1. The molecule has 0 atom stereocenters. The summed E-state index contributed by atoms with van der Waals surface area (Å²) in [6.45, 7) is 0.776. The van der Waals surface area contributed by atoms with Crippen molar-refractivity contribution in [2.24, 2.45) is 5.73 Å². The Bertz CT molecular complexity index is 578. The zero-order chi connectivity index (χ0) is 13.8. The molecular weight excluding hydrogens is 258 g/mol. The van der Waals surface area contributed by atoms with E-state index in [2.05, 4.69) is 4.90 Å². The highest BCUT2D eigenvalue weighted by Gasteiger charge is 2.04. The first kappa shape index (κ1) is 13.4. The average molecular weight is 274 g/mol. The quantitative estimate of drug-likeness (QED) is 0.664. The molecule has 0 unspecified atom stereocenters. The number of halogens is 1. The molecule has 0 aromatic heterocycles. The van der Waals surface area contributed by atoms with Crippen LogP contribution in [-0.4, -0.2) is 12.9 Å². The summed E-state index contributed by atoms with van der Waals surface area (Å²) in [6, 6.07) is 15.4. The number of nitrogens with zero attached hydrogens (tertiary/aromatic N) is 1. The molecule has 0 heterocycles. The maximum absolute atomic E-state index is 7.46. The molecule has 3 nitrogen and oxygen atoms in total. The topological polar surface area (TPSA) is 53.1 Å². The highest BCUT2D eigenvalue weighted by Crippen LogP contribution is 2.18. The fraction of sp³-hybridized carbons (Fsp3) is 0.133. The zero-order valence-electron chi connectivity index (χ0n) is 10.7. The lowest BCUT2D eigenvalue weighted by atomic mass is 10.1. The first-order valence-corrected chi connectivity index (χ1v) is 6.34. The van der Waals surface area contributed by atoms with Crippen LogP contribution in [0.4, 0.5) is 5.69 Å². The normalized spacial score (nSPS) is 10.2. The van der Waals surface area contributed by atoms with Gasteiger partial charge in [-0.1, -0.05) is 35.9 Å². The smallest absolute Gasteiger partial charge is 0.122 e. The van der Waals surface area contributed by atoms with Crippen molar-refractivity contribution < 1.29 is 0 Å². The predicted octanol–water partition coefficient (Wildman–Crippen LogP) is 3.26. The van der Waals surface area contributed by atoms with Gasteiger partial charge in [0.1, 0.15) is 5.84 Å². The number of benzene rings is 2. The van der Waals surface area contributed by atoms with E-state index in [1.165, 1.54) is 5.56 Å². The molecule has 3 N–H and O–H groups in total. The number of nitrogens with two attached hydrogens (primary N) is 1. The monoisotopic (exact) mass is 273 g/mol. The highest BCUT2D eigenvalue weighted by molar-refractivity contribution is 6.30. The standard InChI is InChI=1S/C15H16ClN3/c1-19(10-11-5-7-13(16)8-6-11)14-4-2-3-12(9-14)15(17)18/h2-9H,10H2,1H3,(H3,17,18). The van der Waals surface area contributed by atoms with E-state index >= 15 is 0 Å². The molecule has 0 amide bonds. The van der Waals surface area contributed by atoms with Gasteiger partial charge in [-0.3, -0.25) is 5.41 Å². The average Bonchev–Trinajstić information content (AvgIpc) is 2.41. The Morgan fingerprint density at radius 3 is 2.53 bits per heavy atom. The molecule has 4 heteroatoms. The van der Waals surface area contributed by atoms with Crippen LogP contribution in [-0.2, 0) is 6.54 Å². The molecule has 0 aliphatic heterocycles. The van der Waals surface area contributed by atoms with Crippen molar-refractivity contribution >= 4 is 23.1 Å². The first-order chi connectivity index (χ1) is 9.06. The van der Waals surface area contributed by atoms with Gasteiger partial charge in [0.15, 0.2) is 0 Å². The Balaban J connectivity index is 2.15. The first-order valence-electron chi connectivity index (χ1n) is 5.96. The van der Waals surface area contributed by atoms with Gasteiger partial charge in [-0.05, 0) is 29.8 Å². The molecule has 19 heavy (non-hydrogen) atoms. The summed E-state index contributed by atoms with van der Waals surface area (Å²) in [7, 11) is 2.01. The fourth-order valence-electron chi connectivity index (χ4n) is 1.87. The van der Waals surface area contributed by atoms with Gasteiger partial charge >= 0.3 is 0 Å².